The lowest BCUT2D eigenvalue weighted by molar-refractivity contribution is -0.289. The molecule has 4 aliphatic rings. The molecule has 81 heavy (non-hydrogen) atoms. The van der Waals surface area contributed by atoms with E-state index in [2.05, 4.69) is 5.32 Å². The summed E-state index contributed by atoms with van der Waals surface area (Å²) in [6.07, 6.45) is -6.32. The maximum Gasteiger partial charge on any atom is 0.350 e. The molecule has 3 saturated carbocycles. The van der Waals surface area contributed by atoms with Gasteiger partial charge in [-0.1, -0.05) is 109 Å². The second-order valence-corrected chi connectivity index (χ2v) is 23.0. The third kappa shape index (κ3) is 9.96. The van der Waals surface area contributed by atoms with Gasteiger partial charge in [-0.25, -0.2) is 9.59 Å². The van der Waals surface area contributed by atoms with Crippen molar-refractivity contribution in [3.05, 3.63) is 189 Å². The lowest BCUT2D eigenvalue weighted by Gasteiger charge is -2.67. The topological polar surface area (TPSA) is 214 Å². The van der Waals surface area contributed by atoms with Crippen LogP contribution in [0.15, 0.2) is 145 Å². The van der Waals surface area contributed by atoms with Gasteiger partial charge in [0.15, 0.2) is 0 Å². The number of ketones is 1. The highest BCUT2D eigenvalue weighted by molar-refractivity contribution is 6.30. The number of aliphatic hydroxyl groups is 2. The number of nitrogens with zero attached hydrogens (tertiary/aromatic N) is 1. The molecule has 1 amide bonds. The van der Waals surface area contributed by atoms with Crippen molar-refractivity contribution >= 4 is 64.0 Å². The van der Waals surface area contributed by atoms with Crippen molar-refractivity contribution in [2.45, 2.75) is 122 Å². The van der Waals surface area contributed by atoms with Crippen molar-refractivity contribution in [3.63, 3.8) is 0 Å². The highest BCUT2D eigenvalue weighted by Crippen LogP contribution is 2.66. The molecule has 5 aromatic carbocycles. The monoisotopic (exact) mass is 1120 g/mol. The quantitative estimate of drug-likeness (QED) is 0.0559. The van der Waals surface area contributed by atoms with E-state index >= 15 is 9.59 Å². The maximum absolute atomic E-state index is 15.7. The Balaban J connectivity index is 1.08. The Hall–Kier alpha value is -7.72. The zero-order valence-electron chi connectivity index (χ0n) is 46.1. The van der Waals surface area contributed by atoms with Crippen LogP contribution in [0, 0.1) is 42.9 Å². The second kappa shape index (κ2) is 22.0. The number of aromatic nitrogens is 1. The summed E-state index contributed by atoms with van der Waals surface area (Å²) in [6, 6.07) is 35.3. The summed E-state index contributed by atoms with van der Waals surface area (Å²) in [5.74, 6) is -8.77. The number of aliphatic hydroxyl groups excluding tert-OH is 1. The average molecular weight is 1120 g/mol. The van der Waals surface area contributed by atoms with Gasteiger partial charge in [0.25, 0.3) is 11.8 Å². The van der Waals surface area contributed by atoms with Crippen LogP contribution in [0.3, 0.4) is 0 Å². The van der Waals surface area contributed by atoms with Crippen LogP contribution in [-0.2, 0) is 44.5 Å². The van der Waals surface area contributed by atoms with Crippen LogP contribution in [0.25, 0.3) is 10.9 Å². The van der Waals surface area contributed by atoms with E-state index in [9.17, 15) is 34.2 Å². The molecule has 3 fully saturated rings. The molecular weight excluding hydrogens is 1050 g/mol. The molecule has 0 spiro atoms. The van der Waals surface area contributed by atoms with Gasteiger partial charge in [0, 0.05) is 58.3 Å². The molecule has 3 unspecified atom stereocenters. The van der Waals surface area contributed by atoms with Crippen molar-refractivity contribution in [1.82, 2.24) is 9.88 Å². The molecule has 1 aromatic heterocycles. The molecule has 0 aliphatic heterocycles. The summed E-state index contributed by atoms with van der Waals surface area (Å²) in [5.41, 5.74) is -1.33. The van der Waals surface area contributed by atoms with Crippen molar-refractivity contribution in [2.75, 3.05) is 0 Å². The van der Waals surface area contributed by atoms with Crippen LogP contribution < -0.4 is 5.32 Å². The standard InChI is InChI=1S/C65H65ClN2O13/c1-35-23-28-49-48(31-35)47(39(5)68(49)60(74)43-24-26-46(66)27-25-43)33-52(71)79-55(54(41-17-11-8-12-18-41)67-59(73)42-19-13-9-14-20-42)62(76)78-50-34-64(77)38(4)53(36(50)2)37(3)57(72)63(7)51(70)32-45-29-30-65(45,81-40(6)69)56(63)58(64)80-61(75)44-21-15-10-16-22-44/h8-28,31,37-38,45,50-51,54-56,58,70,77H,29-30,32-34H2,1-7H3,(H,67,73)/t37-,38+,45-,50?,51+,54+,55?,56+,58+,63?,64+,65+/m1/s1. The minimum Gasteiger partial charge on any atom is -0.458 e. The molecule has 1 heterocycles. The van der Waals surface area contributed by atoms with Crippen LogP contribution in [0.1, 0.15) is 120 Å². The van der Waals surface area contributed by atoms with E-state index in [1.54, 1.807) is 144 Å². The van der Waals surface area contributed by atoms with Crippen molar-refractivity contribution in [2.24, 2.45) is 29.1 Å². The van der Waals surface area contributed by atoms with Gasteiger partial charge in [-0.05, 0) is 124 Å². The average Bonchev–Trinajstić information content (AvgIpc) is 1.50. The van der Waals surface area contributed by atoms with Crippen LogP contribution in [0.5, 0.6) is 0 Å². The molecule has 10 rings (SSSR count). The van der Waals surface area contributed by atoms with Gasteiger partial charge >= 0.3 is 23.9 Å². The molecule has 3 N–H and O–H groups in total. The molecule has 12 atom stereocenters. The number of nitrogens with one attached hydrogen (secondary N) is 1. The number of benzene rings is 5. The van der Waals surface area contributed by atoms with Crippen LogP contribution in [0.2, 0.25) is 5.02 Å². The number of fused-ring (bicyclic) bond motifs is 6. The van der Waals surface area contributed by atoms with E-state index in [-0.39, 0.29) is 29.9 Å². The summed E-state index contributed by atoms with van der Waals surface area (Å²) < 4.78 is 27.3. The first-order chi connectivity index (χ1) is 38.6. The van der Waals surface area contributed by atoms with Gasteiger partial charge in [-0.2, -0.15) is 0 Å². The van der Waals surface area contributed by atoms with Gasteiger partial charge in [-0.3, -0.25) is 28.5 Å². The second-order valence-electron chi connectivity index (χ2n) is 22.6. The van der Waals surface area contributed by atoms with E-state index in [1.807, 2.05) is 19.1 Å². The Kier molecular flexibility index (Phi) is 15.3. The molecule has 0 saturated heterocycles. The third-order valence-corrected chi connectivity index (χ3v) is 18.3. The fourth-order valence-corrected chi connectivity index (χ4v) is 13.9. The Labute approximate surface area is 474 Å². The first kappa shape index (κ1) is 56.6. The van der Waals surface area contributed by atoms with Crippen molar-refractivity contribution in [3.8, 4) is 0 Å². The maximum atomic E-state index is 15.7. The molecule has 2 bridgehead atoms. The molecule has 4 aliphatic carbocycles. The fourth-order valence-electron chi connectivity index (χ4n) is 13.8. The number of hydrogen-bond donors (Lipinski definition) is 3. The zero-order valence-corrected chi connectivity index (χ0v) is 46.9. The van der Waals surface area contributed by atoms with E-state index in [0.717, 1.165) is 5.56 Å². The first-order valence-electron chi connectivity index (χ1n) is 27.4. The normalized spacial score (nSPS) is 27.4. The number of halogens is 1. The van der Waals surface area contributed by atoms with Crippen LogP contribution in [-0.4, -0.2) is 91.9 Å². The lowest BCUT2D eigenvalue weighted by atomic mass is 9.41. The molecule has 0 radical (unpaired) electrons. The van der Waals surface area contributed by atoms with Gasteiger partial charge in [-0.15, -0.1) is 0 Å². The molecule has 15 nitrogen and oxygen atoms in total. The number of aryl methyl sites for hydroxylation is 1. The number of carbonyl (C=O) groups is 7. The van der Waals surface area contributed by atoms with E-state index in [1.165, 1.54) is 23.6 Å². The summed E-state index contributed by atoms with van der Waals surface area (Å²) in [6.45, 7) is 11.5. The zero-order chi connectivity index (χ0) is 57.9. The fraction of sp³-hybridized carbons (Fsp3) is 0.369. The summed E-state index contributed by atoms with van der Waals surface area (Å²) >= 11 is 6.18. The molecule has 420 valence electrons. The highest BCUT2D eigenvalue weighted by atomic mass is 35.5. The van der Waals surface area contributed by atoms with Crippen molar-refractivity contribution in [1.29, 1.82) is 0 Å². The predicted octanol–water partition coefficient (Wildman–Crippen LogP) is 9.77. The molecular formula is C65H65ClN2O13. The Morgan fingerprint density at radius 2 is 1.44 bits per heavy atom. The minimum atomic E-state index is -2.20. The van der Waals surface area contributed by atoms with E-state index < -0.39 is 119 Å². The van der Waals surface area contributed by atoms with Gasteiger partial charge in [0.2, 0.25) is 6.10 Å². The summed E-state index contributed by atoms with van der Waals surface area (Å²) in [7, 11) is 0. The van der Waals surface area contributed by atoms with Crippen LogP contribution >= 0.6 is 11.6 Å². The minimum absolute atomic E-state index is 0.108. The highest BCUT2D eigenvalue weighted by Gasteiger charge is 2.75. The predicted molar refractivity (Wildman–Crippen MR) is 300 cm³/mol. The summed E-state index contributed by atoms with van der Waals surface area (Å²) in [4.78, 5) is 102. The smallest absolute Gasteiger partial charge is 0.350 e. The van der Waals surface area contributed by atoms with Gasteiger partial charge < -0.3 is 34.5 Å². The summed E-state index contributed by atoms with van der Waals surface area (Å²) in [5, 5.41) is 30.1. The largest absolute Gasteiger partial charge is 0.458 e. The lowest BCUT2D eigenvalue weighted by Crippen LogP contribution is -2.76. The SMILES string of the molecule is CC(=O)O[C@@]12CC[C@@H]1C[C@H](O)C1(C)C(=O)[C@H](C)C3=C(C)C(OC(=O)C(OC(=O)Cc4c(C)n(C(=O)c5ccc(Cl)cc5)c5ccc(C)cc45)[C@@H](NC(=O)c4ccccc4)c4ccccc4)C[C@](O)([C@H]3C)[C@@H](OC(=O)c3ccccc3)[C@@H]12. The number of carbonyl (C=O) groups excluding carboxylic acids is 7. The number of rotatable bonds is 13. The number of Topliss-reactive ketones (excluding diaryl/α,β-unsaturated/α-hetero) is 1. The number of hydrogen-bond acceptors (Lipinski definition) is 13. The molecule has 6 aromatic rings. The molecule has 16 heteroatoms. The Bertz CT molecular complexity index is 3510. The van der Waals surface area contributed by atoms with E-state index in [0.29, 0.717) is 55.9 Å². The van der Waals surface area contributed by atoms with E-state index in [4.69, 9.17) is 30.5 Å². The van der Waals surface area contributed by atoms with Crippen LogP contribution in [0.4, 0.5) is 0 Å². The first-order valence-corrected chi connectivity index (χ1v) is 27.8. The van der Waals surface area contributed by atoms with Crippen molar-refractivity contribution < 1.29 is 62.7 Å². The number of amides is 1. The van der Waals surface area contributed by atoms with Gasteiger partial charge in [0.1, 0.15) is 35.2 Å². The third-order valence-electron chi connectivity index (χ3n) is 18.0. The Morgan fingerprint density at radius 3 is 2.06 bits per heavy atom. The number of esters is 4. The number of ether oxygens (including phenoxy) is 4. The van der Waals surface area contributed by atoms with Gasteiger partial charge in [0.05, 0.1) is 34.9 Å². The Morgan fingerprint density at radius 1 is 0.815 bits per heavy atom.